The van der Waals surface area contributed by atoms with Crippen molar-refractivity contribution in [3.63, 3.8) is 0 Å². The van der Waals surface area contributed by atoms with Crippen LogP contribution in [0.15, 0.2) is 12.1 Å². The molecule has 1 aliphatic carbocycles. The maximum atomic E-state index is 11.7. The molecule has 2 aliphatic heterocycles. The molecule has 4 rings (SSSR count). The van der Waals surface area contributed by atoms with Gasteiger partial charge < -0.3 is 24.6 Å². The molecule has 4 atom stereocenters. The van der Waals surface area contributed by atoms with Gasteiger partial charge in [-0.3, -0.25) is 0 Å². The van der Waals surface area contributed by atoms with Crippen LogP contribution in [0.3, 0.4) is 0 Å². The highest BCUT2D eigenvalue weighted by Crippen LogP contribution is 2.61. The zero-order valence-corrected chi connectivity index (χ0v) is 14.7. The molecule has 24 heavy (non-hydrogen) atoms. The zero-order chi connectivity index (χ0) is 17.1. The van der Waals surface area contributed by atoms with Crippen molar-refractivity contribution in [3.8, 4) is 11.5 Å². The predicted octanol–water partition coefficient (Wildman–Crippen LogP) is 1.48. The number of aliphatic hydroxyl groups is 2. The monoisotopic (exact) mass is 333 g/mol. The number of likely N-dealkylation sites (N-methyl/N-ethyl adjacent to an activating group) is 1. The third-order valence-corrected chi connectivity index (χ3v) is 6.44. The molecule has 1 aromatic rings. The van der Waals surface area contributed by atoms with Gasteiger partial charge in [-0.05, 0) is 50.9 Å². The fourth-order valence-electron chi connectivity index (χ4n) is 5.31. The minimum atomic E-state index is -0.884. The topological polar surface area (TPSA) is 62.2 Å². The molecule has 0 amide bonds. The molecule has 1 spiro atoms. The van der Waals surface area contributed by atoms with Crippen molar-refractivity contribution in [1.82, 2.24) is 4.90 Å². The summed E-state index contributed by atoms with van der Waals surface area (Å²) in [5.41, 5.74) is 0.826. The Morgan fingerprint density at radius 2 is 2.17 bits per heavy atom. The van der Waals surface area contributed by atoms with Crippen LogP contribution in [0.2, 0.25) is 0 Å². The first kappa shape index (κ1) is 16.2. The van der Waals surface area contributed by atoms with Gasteiger partial charge in [0, 0.05) is 12.1 Å². The molecule has 3 aliphatic rings. The van der Waals surface area contributed by atoms with Gasteiger partial charge in [-0.15, -0.1) is 0 Å². The van der Waals surface area contributed by atoms with Gasteiger partial charge in [0.1, 0.15) is 6.10 Å². The number of methoxy groups -OCH3 is 1. The molecule has 0 bridgehead atoms. The lowest BCUT2D eigenvalue weighted by molar-refractivity contribution is -0.173. The summed E-state index contributed by atoms with van der Waals surface area (Å²) < 4.78 is 11.8. The molecule has 132 valence electrons. The summed E-state index contributed by atoms with van der Waals surface area (Å²) in [5, 5.41) is 22.4. The Morgan fingerprint density at radius 1 is 1.38 bits per heavy atom. The van der Waals surface area contributed by atoms with E-state index in [4.69, 9.17) is 9.47 Å². The number of likely N-dealkylation sites (tertiary alicyclic amines) is 1. The number of ether oxygens (including phenoxy) is 2. The summed E-state index contributed by atoms with van der Waals surface area (Å²) in [6.45, 7) is 3.62. The number of hydrogen-bond acceptors (Lipinski definition) is 5. The summed E-state index contributed by atoms with van der Waals surface area (Å²) in [5.74, 6) is 1.42. The van der Waals surface area contributed by atoms with E-state index < -0.39 is 23.2 Å². The standard InChI is InChI=1S/C19H27NO4/c1-4-12-5-6-14(23-3)16-15(12)19-9-10-20(2)11-18(19,22)8-7-13(21)17(19)24-16/h5-6,13,17,21-22H,4,7-11H2,1-3H3/t13?,17-,18+,19-/m0/s1. The van der Waals surface area contributed by atoms with Gasteiger partial charge in [-0.1, -0.05) is 13.0 Å². The lowest BCUT2D eigenvalue weighted by Gasteiger charge is -2.57. The number of β-amino-alcohol motifs (C(OH)–C–C–N with tert-alkyl or cyclic N) is 1. The first-order chi connectivity index (χ1) is 11.5. The summed E-state index contributed by atoms with van der Waals surface area (Å²) >= 11 is 0. The number of fused-ring (bicyclic) bond motifs is 1. The molecule has 0 aromatic heterocycles. The summed E-state index contributed by atoms with van der Waals surface area (Å²) in [6.07, 6.45) is 1.85. The van der Waals surface area contributed by atoms with E-state index in [0.717, 1.165) is 30.7 Å². The Morgan fingerprint density at radius 3 is 2.88 bits per heavy atom. The summed E-state index contributed by atoms with van der Waals surface area (Å²) in [6, 6.07) is 4.02. The summed E-state index contributed by atoms with van der Waals surface area (Å²) in [7, 11) is 3.69. The first-order valence-electron chi connectivity index (χ1n) is 8.93. The average molecular weight is 333 g/mol. The van der Waals surface area contributed by atoms with Crippen molar-refractivity contribution in [2.24, 2.45) is 0 Å². The summed E-state index contributed by atoms with van der Waals surface area (Å²) in [4.78, 5) is 2.18. The SMILES string of the molecule is CCc1ccc(OC)c2c1[C@]13CCN(C)C[C@]1(O)CCC(O)[C@@H]3O2. The molecule has 5 nitrogen and oxygen atoms in total. The van der Waals surface area contributed by atoms with Gasteiger partial charge in [0.05, 0.1) is 24.2 Å². The Labute approximate surface area is 143 Å². The lowest BCUT2D eigenvalue weighted by atomic mass is 9.54. The van der Waals surface area contributed by atoms with E-state index in [1.807, 2.05) is 13.1 Å². The van der Waals surface area contributed by atoms with Crippen LogP contribution in [0, 0.1) is 0 Å². The van der Waals surface area contributed by atoms with E-state index in [9.17, 15) is 10.2 Å². The second kappa shape index (κ2) is 5.35. The van der Waals surface area contributed by atoms with Gasteiger partial charge in [-0.25, -0.2) is 0 Å². The fourth-order valence-corrected chi connectivity index (χ4v) is 5.31. The number of aliphatic hydroxyl groups excluding tert-OH is 1. The van der Waals surface area contributed by atoms with Gasteiger partial charge in [0.25, 0.3) is 0 Å². The molecule has 2 N–H and O–H groups in total. The minimum Gasteiger partial charge on any atom is -0.493 e. The molecule has 2 fully saturated rings. The van der Waals surface area contributed by atoms with Crippen molar-refractivity contribution in [2.75, 3.05) is 27.2 Å². The molecule has 2 heterocycles. The van der Waals surface area contributed by atoms with Crippen LogP contribution in [0.1, 0.15) is 37.3 Å². The average Bonchev–Trinajstić information content (AvgIpc) is 2.93. The highest BCUT2D eigenvalue weighted by molar-refractivity contribution is 5.60. The second-order valence-corrected chi connectivity index (χ2v) is 7.62. The Kier molecular flexibility index (Phi) is 3.61. The molecule has 5 heteroatoms. The van der Waals surface area contributed by atoms with Crippen molar-refractivity contribution in [1.29, 1.82) is 0 Å². The number of rotatable bonds is 2. The maximum Gasteiger partial charge on any atom is 0.166 e. The normalized spacial score (nSPS) is 38.0. The molecule has 1 aromatic carbocycles. The van der Waals surface area contributed by atoms with Crippen LogP contribution in [-0.2, 0) is 11.8 Å². The first-order valence-corrected chi connectivity index (χ1v) is 8.93. The van der Waals surface area contributed by atoms with Crippen molar-refractivity contribution < 1.29 is 19.7 Å². The van der Waals surface area contributed by atoms with E-state index in [-0.39, 0.29) is 0 Å². The van der Waals surface area contributed by atoms with Crippen LogP contribution < -0.4 is 9.47 Å². The highest BCUT2D eigenvalue weighted by atomic mass is 16.5. The number of benzene rings is 1. The molecular formula is C19H27NO4. The number of aryl methyl sites for hydroxylation is 1. The number of hydrogen-bond donors (Lipinski definition) is 2. The van der Waals surface area contributed by atoms with E-state index in [1.54, 1.807) is 7.11 Å². The molecule has 1 unspecified atom stereocenters. The smallest absolute Gasteiger partial charge is 0.166 e. The van der Waals surface area contributed by atoms with E-state index in [0.29, 0.717) is 25.1 Å². The van der Waals surface area contributed by atoms with Crippen molar-refractivity contribution in [3.05, 3.63) is 23.3 Å². The molecule has 0 radical (unpaired) electrons. The van der Waals surface area contributed by atoms with E-state index in [2.05, 4.69) is 17.9 Å². The van der Waals surface area contributed by atoms with Crippen LogP contribution in [0.25, 0.3) is 0 Å². The van der Waals surface area contributed by atoms with Gasteiger partial charge >= 0.3 is 0 Å². The van der Waals surface area contributed by atoms with E-state index >= 15 is 0 Å². The van der Waals surface area contributed by atoms with Crippen LogP contribution in [0.5, 0.6) is 11.5 Å². The lowest BCUT2D eigenvalue weighted by Crippen LogP contribution is -2.70. The Bertz CT molecular complexity index is 663. The third-order valence-electron chi connectivity index (χ3n) is 6.44. The van der Waals surface area contributed by atoms with Crippen molar-refractivity contribution in [2.45, 2.75) is 55.8 Å². The van der Waals surface area contributed by atoms with Gasteiger partial charge in [0.2, 0.25) is 0 Å². The van der Waals surface area contributed by atoms with Gasteiger partial charge in [0.15, 0.2) is 11.5 Å². The third kappa shape index (κ3) is 1.86. The Balaban J connectivity index is 1.98. The Hall–Kier alpha value is -1.30. The zero-order valence-electron chi connectivity index (χ0n) is 14.7. The van der Waals surface area contributed by atoms with E-state index in [1.165, 1.54) is 5.56 Å². The molecule has 1 saturated heterocycles. The number of piperidine rings is 1. The molecule has 1 saturated carbocycles. The quantitative estimate of drug-likeness (QED) is 0.858. The van der Waals surface area contributed by atoms with Crippen LogP contribution >= 0.6 is 0 Å². The van der Waals surface area contributed by atoms with Crippen LogP contribution in [0.4, 0.5) is 0 Å². The molecular weight excluding hydrogens is 306 g/mol. The largest absolute Gasteiger partial charge is 0.493 e. The number of nitrogens with zero attached hydrogens (tertiary/aromatic N) is 1. The van der Waals surface area contributed by atoms with Crippen molar-refractivity contribution >= 4 is 0 Å². The second-order valence-electron chi connectivity index (χ2n) is 7.62. The fraction of sp³-hybridized carbons (Fsp3) is 0.684. The minimum absolute atomic E-state index is 0.401. The predicted molar refractivity (Wildman–Crippen MR) is 90.8 cm³/mol. The highest BCUT2D eigenvalue weighted by Gasteiger charge is 2.67. The van der Waals surface area contributed by atoms with Crippen LogP contribution in [-0.4, -0.2) is 60.2 Å². The van der Waals surface area contributed by atoms with Gasteiger partial charge in [-0.2, -0.15) is 0 Å². The maximum absolute atomic E-state index is 11.7.